The van der Waals surface area contributed by atoms with Gasteiger partial charge in [0.25, 0.3) is 0 Å². The molecule has 3 N–H and O–H groups in total. The number of para-hydroxylation sites is 1. The summed E-state index contributed by atoms with van der Waals surface area (Å²) in [7, 11) is 0. The molecule has 128 valence electrons. The van der Waals surface area contributed by atoms with Gasteiger partial charge in [0.2, 0.25) is 0 Å². The van der Waals surface area contributed by atoms with Crippen LogP contribution in [-0.4, -0.2) is 17.4 Å². The average molecular weight is 328 g/mol. The molecular formula is C19H24N2O3. The number of rotatable bonds is 5. The number of aromatic hydroxyl groups is 1. The number of carbonyl (C=O) groups is 1. The van der Waals surface area contributed by atoms with E-state index in [2.05, 4.69) is 24.5 Å². The van der Waals surface area contributed by atoms with Gasteiger partial charge in [0.1, 0.15) is 11.5 Å². The van der Waals surface area contributed by atoms with E-state index in [0.29, 0.717) is 11.6 Å². The van der Waals surface area contributed by atoms with Gasteiger partial charge in [-0.3, -0.25) is 0 Å². The second-order valence-electron chi connectivity index (χ2n) is 6.07. The number of amides is 2. The molecular weight excluding hydrogens is 304 g/mol. The number of urea groups is 1. The van der Waals surface area contributed by atoms with Crippen LogP contribution in [0.1, 0.15) is 37.8 Å². The first kappa shape index (κ1) is 17.7. The Labute approximate surface area is 142 Å². The molecule has 0 aliphatic carbocycles. The Balaban J connectivity index is 1.97. The summed E-state index contributed by atoms with van der Waals surface area (Å²) in [5, 5.41) is 15.1. The fraction of sp³-hybridized carbons (Fsp3) is 0.316. The topological polar surface area (TPSA) is 70.6 Å². The Hall–Kier alpha value is -2.69. The Morgan fingerprint density at radius 3 is 2.50 bits per heavy atom. The molecule has 5 heteroatoms. The summed E-state index contributed by atoms with van der Waals surface area (Å²) >= 11 is 0. The minimum atomic E-state index is -0.516. The molecule has 0 aromatic heterocycles. The van der Waals surface area contributed by atoms with Crippen LogP contribution in [0.5, 0.6) is 11.5 Å². The zero-order chi connectivity index (χ0) is 17.7. The normalized spacial score (nSPS) is 11.9. The van der Waals surface area contributed by atoms with Crippen molar-refractivity contribution in [3.63, 3.8) is 0 Å². The zero-order valence-corrected chi connectivity index (χ0v) is 14.5. The number of phenolic OH excluding ortho intramolecular Hbond substituents is 1. The molecule has 0 saturated heterocycles. The summed E-state index contributed by atoms with van der Waals surface area (Å²) in [6.45, 7) is 7.80. The Kier molecular flexibility index (Phi) is 5.68. The van der Waals surface area contributed by atoms with E-state index >= 15 is 0 Å². The van der Waals surface area contributed by atoms with Crippen molar-refractivity contribution in [2.45, 2.75) is 39.8 Å². The minimum Gasteiger partial charge on any atom is -0.506 e. The predicted octanol–water partition coefficient (Wildman–Crippen LogP) is 4.37. The van der Waals surface area contributed by atoms with Crippen LogP contribution >= 0.6 is 0 Å². The Morgan fingerprint density at radius 2 is 1.83 bits per heavy atom. The van der Waals surface area contributed by atoms with E-state index in [1.807, 2.05) is 37.3 Å². The van der Waals surface area contributed by atoms with E-state index in [-0.39, 0.29) is 5.75 Å². The lowest BCUT2D eigenvalue weighted by Gasteiger charge is -2.20. The highest BCUT2D eigenvalue weighted by atomic mass is 16.5. The molecule has 0 saturated carbocycles. The van der Waals surface area contributed by atoms with Gasteiger partial charge in [-0.1, -0.05) is 38.1 Å². The number of aryl methyl sites for hydroxylation is 1. The molecule has 1 unspecified atom stereocenters. The Morgan fingerprint density at radius 1 is 1.12 bits per heavy atom. The van der Waals surface area contributed by atoms with Crippen molar-refractivity contribution in [1.29, 1.82) is 0 Å². The summed E-state index contributed by atoms with van der Waals surface area (Å²) in [6.07, 6.45) is -0.516. The van der Waals surface area contributed by atoms with Crippen molar-refractivity contribution in [3.05, 3.63) is 53.6 Å². The van der Waals surface area contributed by atoms with E-state index in [1.54, 1.807) is 19.1 Å². The first-order valence-electron chi connectivity index (χ1n) is 7.99. The number of anilines is 1. The highest BCUT2D eigenvalue weighted by Crippen LogP contribution is 2.26. The molecule has 0 radical (unpaired) electrons. The standard InChI is InChI=1S/C19H24N2O3/c1-12(2)15-7-5-6-8-18(15)24-14(4)20-19(23)21-16-10-9-13(3)11-17(16)22/h5-12,14,22H,1-4H3,(H2,20,21,23). The molecule has 24 heavy (non-hydrogen) atoms. The second-order valence-corrected chi connectivity index (χ2v) is 6.07. The third-order valence-electron chi connectivity index (χ3n) is 3.58. The summed E-state index contributed by atoms with van der Waals surface area (Å²) in [5.41, 5.74) is 2.36. The van der Waals surface area contributed by atoms with Crippen molar-refractivity contribution in [1.82, 2.24) is 5.32 Å². The maximum absolute atomic E-state index is 12.1. The average Bonchev–Trinajstić information content (AvgIpc) is 2.50. The molecule has 0 heterocycles. The number of hydrogen-bond donors (Lipinski definition) is 3. The van der Waals surface area contributed by atoms with Crippen molar-refractivity contribution < 1.29 is 14.6 Å². The van der Waals surface area contributed by atoms with Gasteiger partial charge in [-0.15, -0.1) is 0 Å². The number of carbonyl (C=O) groups excluding carboxylic acids is 1. The van der Waals surface area contributed by atoms with Crippen LogP contribution < -0.4 is 15.4 Å². The molecule has 0 bridgehead atoms. The van der Waals surface area contributed by atoms with Crippen molar-refractivity contribution in [3.8, 4) is 11.5 Å². The van der Waals surface area contributed by atoms with Crippen LogP contribution in [0.25, 0.3) is 0 Å². The van der Waals surface area contributed by atoms with Crippen LogP contribution in [-0.2, 0) is 0 Å². The van der Waals surface area contributed by atoms with Crippen molar-refractivity contribution in [2.24, 2.45) is 0 Å². The lowest BCUT2D eigenvalue weighted by Crippen LogP contribution is -2.39. The van der Waals surface area contributed by atoms with Crippen LogP contribution in [0.4, 0.5) is 10.5 Å². The van der Waals surface area contributed by atoms with Gasteiger partial charge in [0, 0.05) is 0 Å². The maximum atomic E-state index is 12.1. The van der Waals surface area contributed by atoms with E-state index in [0.717, 1.165) is 16.9 Å². The van der Waals surface area contributed by atoms with E-state index < -0.39 is 12.3 Å². The number of phenols is 1. The molecule has 2 aromatic carbocycles. The molecule has 2 rings (SSSR count). The third-order valence-corrected chi connectivity index (χ3v) is 3.58. The van der Waals surface area contributed by atoms with Crippen LogP contribution in [0.15, 0.2) is 42.5 Å². The van der Waals surface area contributed by atoms with Gasteiger partial charge in [0.15, 0.2) is 6.23 Å². The SMILES string of the molecule is Cc1ccc(NC(=O)NC(C)Oc2ccccc2C(C)C)c(O)c1. The largest absolute Gasteiger partial charge is 0.506 e. The summed E-state index contributed by atoms with van der Waals surface area (Å²) in [6, 6.07) is 12.4. The van der Waals surface area contributed by atoms with Gasteiger partial charge in [-0.25, -0.2) is 4.79 Å². The summed E-state index contributed by atoms with van der Waals surface area (Å²) < 4.78 is 5.83. The van der Waals surface area contributed by atoms with Crippen molar-refractivity contribution >= 4 is 11.7 Å². The number of hydrogen-bond acceptors (Lipinski definition) is 3. The summed E-state index contributed by atoms with van der Waals surface area (Å²) in [5.74, 6) is 1.11. The molecule has 2 aromatic rings. The lowest BCUT2D eigenvalue weighted by molar-refractivity contribution is 0.181. The molecule has 1 atom stereocenters. The predicted molar refractivity (Wildman–Crippen MR) is 95.6 cm³/mol. The molecule has 0 aliphatic heterocycles. The second kappa shape index (κ2) is 7.73. The fourth-order valence-corrected chi connectivity index (χ4v) is 2.38. The third kappa shape index (κ3) is 4.65. The maximum Gasteiger partial charge on any atom is 0.322 e. The summed E-state index contributed by atoms with van der Waals surface area (Å²) in [4.78, 5) is 12.1. The molecule has 0 spiro atoms. The van der Waals surface area contributed by atoms with Gasteiger partial charge in [-0.2, -0.15) is 0 Å². The van der Waals surface area contributed by atoms with Gasteiger partial charge in [-0.05, 0) is 49.1 Å². The van der Waals surface area contributed by atoms with Crippen molar-refractivity contribution in [2.75, 3.05) is 5.32 Å². The van der Waals surface area contributed by atoms with Gasteiger partial charge in [0.05, 0.1) is 5.69 Å². The van der Waals surface area contributed by atoms with Gasteiger partial charge < -0.3 is 20.5 Å². The highest BCUT2D eigenvalue weighted by Gasteiger charge is 2.13. The number of nitrogens with one attached hydrogen (secondary N) is 2. The van der Waals surface area contributed by atoms with Gasteiger partial charge >= 0.3 is 6.03 Å². The van der Waals surface area contributed by atoms with Crippen LogP contribution in [0.2, 0.25) is 0 Å². The fourth-order valence-electron chi connectivity index (χ4n) is 2.38. The molecule has 2 amide bonds. The van der Waals surface area contributed by atoms with E-state index in [4.69, 9.17) is 4.74 Å². The lowest BCUT2D eigenvalue weighted by atomic mass is 10.0. The van der Waals surface area contributed by atoms with Crippen LogP contribution in [0, 0.1) is 6.92 Å². The zero-order valence-electron chi connectivity index (χ0n) is 14.5. The van der Waals surface area contributed by atoms with E-state index in [9.17, 15) is 9.90 Å². The minimum absolute atomic E-state index is 0.0314. The smallest absolute Gasteiger partial charge is 0.322 e. The Bertz CT molecular complexity index is 714. The molecule has 5 nitrogen and oxygen atoms in total. The molecule has 0 aliphatic rings. The number of benzene rings is 2. The van der Waals surface area contributed by atoms with E-state index in [1.165, 1.54) is 0 Å². The number of ether oxygens (including phenoxy) is 1. The first-order valence-corrected chi connectivity index (χ1v) is 7.99. The monoisotopic (exact) mass is 328 g/mol. The first-order chi connectivity index (χ1) is 11.4. The van der Waals surface area contributed by atoms with Crippen LogP contribution in [0.3, 0.4) is 0 Å². The highest BCUT2D eigenvalue weighted by molar-refractivity contribution is 5.90. The quantitative estimate of drug-likeness (QED) is 0.564. The molecule has 0 fully saturated rings.